The van der Waals surface area contributed by atoms with E-state index in [0.717, 1.165) is 64.0 Å². The van der Waals surface area contributed by atoms with Gasteiger partial charge in [-0.3, -0.25) is 0 Å². The SMILES string of the molecule is O=S(=O)(c1cn2c(n1)CCCC2)N(C1CC1)C1CCNC1. The third kappa shape index (κ3) is 2.41. The number of nitrogens with one attached hydrogen (secondary N) is 1. The molecule has 1 atom stereocenters. The smallest absolute Gasteiger partial charge is 0.262 e. The Hall–Kier alpha value is -0.920. The summed E-state index contributed by atoms with van der Waals surface area (Å²) in [4.78, 5) is 4.44. The molecule has 2 fully saturated rings. The van der Waals surface area contributed by atoms with E-state index in [1.165, 1.54) is 0 Å². The molecule has 1 aromatic heterocycles. The van der Waals surface area contributed by atoms with Crippen molar-refractivity contribution in [2.24, 2.45) is 0 Å². The van der Waals surface area contributed by atoms with Crippen LogP contribution in [0.25, 0.3) is 0 Å². The van der Waals surface area contributed by atoms with Crippen LogP contribution in [-0.2, 0) is 23.0 Å². The van der Waals surface area contributed by atoms with Crippen molar-refractivity contribution in [3.63, 3.8) is 0 Å². The van der Waals surface area contributed by atoms with Crippen LogP contribution in [0.5, 0.6) is 0 Å². The molecule has 1 aliphatic carbocycles. The predicted octanol–water partition coefficient (Wildman–Crippen LogP) is 0.734. The van der Waals surface area contributed by atoms with E-state index < -0.39 is 10.0 Å². The maximum Gasteiger partial charge on any atom is 0.262 e. The lowest BCUT2D eigenvalue weighted by atomic mass is 10.2. The number of hydrogen-bond donors (Lipinski definition) is 1. The molecule has 3 aliphatic rings. The zero-order chi connectivity index (χ0) is 14.4. The Balaban J connectivity index is 1.68. The molecule has 1 aromatic rings. The van der Waals surface area contributed by atoms with Gasteiger partial charge in [-0.15, -0.1) is 0 Å². The fourth-order valence-corrected chi connectivity index (χ4v) is 5.37. The van der Waals surface area contributed by atoms with Gasteiger partial charge in [0, 0.05) is 37.8 Å². The molecule has 0 amide bonds. The third-order valence-corrected chi connectivity index (χ3v) is 6.61. The molecule has 116 valence electrons. The number of hydrogen-bond acceptors (Lipinski definition) is 4. The fourth-order valence-electron chi connectivity index (χ4n) is 3.50. The Bertz CT molecular complexity index is 606. The summed E-state index contributed by atoms with van der Waals surface area (Å²) in [7, 11) is -3.45. The molecule has 2 aliphatic heterocycles. The van der Waals surface area contributed by atoms with Crippen molar-refractivity contribution >= 4 is 10.0 Å². The molecule has 0 bridgehead atoms. The highest BCUT2D eigenvalue weighted by Gasteiger charge is 2.44. The van der Waals surface area contributed by atoms with E-state index in [1.807, 2.05) is 4.57 Å². The fraction of sp³-hybridized carbons (Fsp3) is 0.786. The molecule has 0 spiro atoms. The molecule has 6 nitrogen and oxygen atoms in total. The van der Waals surface area contributed by atoms with E-state index in [9.17, 15) is 8.42 Å². The van der Waals surface area contributed by atoms with Gasteiger partial charge in [0.1, 0.15) is 5.82 Å². The topological polar surface area (TPSA) is 67.2 Å². The minimum atomic E-state index is -3.45. The highest BCUT2D eigenvalue weighted by atomic mass is 32.2. The van der Waals surface area contributed by atoms with Crippen LogP contribution in [0.2, 0.25) is 0 Å². The summed E-state index contributed by atoms with van der Waals surface area (Å²) < 4.78 is 29.9. The zero-order valence-electron chi connectivity index (χ0n) is 12.2. The first kappa shape index (κ1) is 13.7. The number of nitrogens with zero attached hydrogens (tertiary/aromatic N) is 3. The molecule has 0 aromatic carbocycles. The van der Waals surface area contributed by atoms with Gasteiger partial charge in [-0.2, -0.15) is 4.31 Å². The van der Waals surface area contributed by atoms with Gasteiger partial charge in [0.15, 0.2) is 5.03 Å². The first-order valence-corrected chi connectivity index (χ1v) is 9.40. The average molecular weight is 310 g/mol. The zero-order valence-corrected chi connectivity index (χ0v) is 13.0. The molecule has 7 heteroatoms. The summed E-state index contributed by atoms with van der Waals surface area (Å²) in [5.41, 5.74) is 0. The standard InChI is InChI=1S/C14H22N4O2S/c19-21(20,14-10-17-8-2-1-3-13(17)16-14)18(11-4-5-11)12-6-7-15-9-12/h10-12,15H,1-9H2. The maximum absolute atomic E-state index is 13.0. The highest BCUT2D eigenvalue weighted by molar-refractivity contribution is 7.89. The van der Waals surface area contributed by atoms with E-state index in [1.54, 1.807) is 10.5 Å². The van der Waals surface area contributed by atoms with Gasteiger partial charge in [0.05, 0.1) is 0 Å². The van der Waals surface area contributed by atoms with Crippen molar-refractivity contribution in [1.82, 2.24) is 19.2 Å². The van der Waals surface area contributed by atoms with E-state index >= 15 is 0 Å². The second-order valence-electron chi connectivity index (χ2n) is 6.36. The van der Waals surface area contributed by atoms with E-state index in [2.05, 4.69) is 10.3 Å². The van der Waals surface area contributed by atoms with E-state index in [-0.39, 0.29) is 17.1 Å². The average Bonchev–Trinajstić information content (AvgIpc) is 2.99. The van der Waals surface area contributed by atoms with Crippen molar-refractivity contribution in [2.75, 3.05) is 13.1 Å². The molecule has 1 unspecified atom stereocenters. The first-order valence-electron chi connectivity index (χ1n) is 7.96. The van der Waals surface area contributed by atoms with Crippen LogP contribution in [0.1, 0.15) is 37.9 Å². The summed E-state index contributed by atoms with van der Waals surface area (Å²) >= 11 is 0. The van der Waals surface area contributed by atoms with E-state index in [0.29, 0.717) is 0 Å². The van der Waals surface area contributed by atoms with Crippen LogP contribution in [-0.4, -0.2) is 47.4 Å². The minimum absolute atomic E-state index is 0.0984. The number of aryl methyl sites for hydroxylation is 2. The first-order chi connectivity index (χ1) is 10.2. The van der Waals surface area contributed by atoms with Crippen molar-refractivity contribution in [3.05, 3.63) is 12.0 Å². The van der Waals surface area contributed by atoms with Gasteiger partial charge in [0.2, 0.25) is 0 Å². The van der Waals surface area contributed by atoms with Gasteiger partial charge in [-0.25, -0.2) is 13.4 Å². The Kier molecular flexibility index (Phi) is 3.31. The maximum atomic E-state index is 13.0. The second-order valence-corrected chi connectivity index (χ2v) is 8.15. The lowest BCUT2D eigenvalue weighted by Crippen LogP contribution is -2.43. The molecule has 21 heavy (non-hydrogen) atoms. The molecular weight excluding hydrogens is 288 g/mol. The molecule has 3 heterocycles. The summed E-state index contributed by atoms with van der Waals surface area (Å²) in [5, 5.41) is 3.54. The summed E-state index contributed by atoms with van der Waals surface area (Å²) in [6, 6.07) is 0.292. The summed E-state index contributed by atoms with van der Waals surface area (Å²) in [5.74, 6) is 0.931. The Morgan fingerprint density at radius 1 is 1.24 bits per heavy atom. The number of fused-ring (bicyclic) bond motifs is 1. The van der Waals surface area contributed by atoms with Crippen molar-refractivity contribution in [2.45, 2.75) is 62.2 Å². The number of sulfonamides is 1. The van der Waals surface area contributed by atoms with Crippen LogP contribution in [0.3, 0.4) is 0 Å². The third-order valence-electron chi connectivity index (χ3n) is 4.73. The molecule has 4 rings (SSSR count). The van der Waals surface area contributed by atoms with E-state index in [4.69, 9.17) is 0 Å². The monoisotopic (exact) mass is 310 g/mol. The highest BCUT2D eigenvalue weighted by Crippen LogP contribution is 2.35. The van der Waals surface area contributed by atoms with Crippen LogP contribution >= 0.6 is 0 Å². The lowest BCUT2D eigenvalue weighted by molar-refractivity contribution is 0.326. The minimum Gasteiger partial charge on any atom is -0.333 e. The van der Waals surface area contributed by atoms with Gasteiger partial charge in [-0.05, 0) is 38.6 Å². The predicted molar refractivity (Wildman–Crippen MR) is 78.5 cm³/mol. The Morgan fingerprint density at radius 2 is 2.10 bits per heavy atom. The summed E-state index contributed by atoms with van der Waals surface area (Å²) in [6.07, 6.45) is 7.75. The quantitative estimate of drug-likeness (QED) is 0.890. The van der Waals surface area contributed by atoms with Crippen LogP contribution in [0.15, 0.2) is 11.2 Å². The second kappa shape index (κ2) is 5.07. The largest absolute Gasteiger partial charge is 0.333 e. The van der Waals surface area contributed by atoms with Gasteiger partial charge in [-0.1, -0.05) is 0 Å². The lowest BCUT2D eigenvalue weighted by Gasteiger charge is -2.26. The van der Waals surface area contributed by atoms with Crippen molar-refractivity contribution in [3.8, 4) is 0 Å². The van der Waals surface area contributed by atoms with Gasteiger partial charge in [0.25, 0.3) is 10.0 Å². The van der Waals surface area contributed by atoms with Gasteiger partial charge >= 0.3 is 0 Å². The number of rotatable bonds is 4. The molecule has 1 saturated carbocycles. The van der Waals surface area contributed by atoms with Crippen LogP contribution in [0, 0.1) is 0 Å². The summed E-state index contributed by atoms with van der Waals surface area (Å²) in [6.45, 7) is 2.57. The molecule has 1 N–H and O–H groups in total. The molecular formula is C14H22N4O2S. The number of aromatic nitrogens is 2. The number of imidazole rings is 1. The Morgan fingerprint density at radius 3 is 2.76 bits per heavy atom. The van der Waals surface area contributed by atoms with Crippen LogP contribution < -0.4 is 5.32 Å². The van der Waals surface area contributed by atoms with Crippen LogP contribution in [0.4, 0.5) is 0 Å². The van der Waals surface area contributed by atoms with Crippen molar-refractivity contribution < 1.29 is 8.42 Å². The van der Waals surface area contributed by atoms with Gasteiger partial charge < -0.3 is 9.88 Å². The van der Waals surface area contributed by atoms with Crippen molar-refractivity contribution in [1.29, 1.82) is 0 Å². The molecule has 0 radical (unpaired) electrons. The molecule has 1 saturated heterocycles. The normalized spacial score (nSPS) is 26.2. The Labute approximate surface area is 125 Å².